The van der Waals surface area contributed by atoms with Gasteiger partial charge in [0.25, 0.3) is 0 Å². The minimum absolute atomic E-state index is 0.194. The van der Waals surface area contributed by atoms with Crippen LogP contribution in [0.5, 0.6) is 0 Å². The topological polar surface area (TPSA) is 26.0 Å². The lowest BCUT2D eigenvalue weighted by atomic mass is 9.69. The molecule has 5 atom stereocenters. The van der Waals surface area contributed by atoms with Gasteiger partial charge in [-0.15, -0.1) is 0 Å². The molecule has 1 aromatic carbocycles. The van der Waals surface area contributed by atoms with Crippen molar-refractivity contribution in [3.63, 3.8) is 0 Å². The molecule has 5 unspecified atom stereocenters. The minimum Gasteiger partial charge on any atom is -0.325 e. The number of hydrogen-bond acceptors (Lipinski definition) is 1. The zero-order valence-corrected chi connectivity index (χ0v) is 11.6. The summed E-state index contributed by atoms with van der Waals surface area (Å²) in [7, 11) is 0. The highest BCUT2D eigenvalue weighted by atomic mass is 19.2. The highest BCUT2D eigenvalue weighted by molar-refractivity contribution is 5.23. The molecule has 2 N–H and O–H groups in total. The van der Waals surface area contributed by atoms with Gasteiger partial charge in [0.1, 0.15) is 0 Å². The fraction of sp³-hybridized carbons (Fsp3) is 0.647. The molecule has 3 aliphatic carbocycles. The van der Waals surface area contributed by atoms with Gasteiger partial charge in [-0.05, 0) is 73.5 Å². The van der Waals surface area contributed by atoms with Crippen molar-refractivity contribution in [1.82, 2.24) is 0 Å². The zero-order chi connectivity index (χ0) is 13.9. The molecule has 2 bridgehead atoms. The van der Waals surface area contributed by atoms with E-state index in [-0.39, 0.29) is 5.54 Å². The summed E-state index contributed by atoms with van der Waals surface area (Å²) < 4.78 is 26.4. The average molecular weight is 277 g/mol. The molecule has 20 heavy (non-hydrogen) atoms. The molecule has 0 spiro atoms. The average Bonchev–Trinajstić information content (AvgIpc) is 3.04. The molecule has 3 aliphatic rings. The van der Waals surface area contributed by atoms with E-state index in [1.807, 2.05) is 0 Å². The Labute approximate surface area is 118 Å². The summed E-state index contributed by atoms with van der Waals surface area (Å²) in [5.41, 5.74) is 7.35. The molecule has 1 nitrogen and oxygen atoms in total. The van der Waals surface area contributed by atoms with Crippen LogP contribution < -0.4 is 5.73 Å². The maximum Gasteiger partial charge on any atom is 0.159 e. The van der Waals surface area contributed by atoms with Crippen molar-refractivity contribution in [3.8, 4) is 0 Å². The second-order valence-electron chi connectivity index (χ2n) is 7.22. The van der Waals surface area contributed by atoms with Crippen molar-refractivity contribution in [1.29, 1.82) is 0 Å². The quantitative estimate of drug-likeness (QED) is 0.877. The first-order valence-corrected chi connectivity index (χ1v) is 7.80. The summed E-state index contributed by atoms with van der Waals surface area (Å²) in [5, 5.41) is 0. The first-order valence-electron chi connectivity index (χ1n) is 7.80. The van der Waals surface area contributed by atoms with E-state index in [1.54, 1.807) is 6.07 Å². The van der Waals surface area contributed by atoms with E-state index in [1.165, 1.54) is 37.8 Å². The summed E-state index contributed by atoms with van der Waals surface area (Å²) in [6, 6.07) is 4.23. The van der Waals surface area contributed by atoms with E-state index in [9.17, 15) is 8.78 Å². The predicted octanol–water partition coefficient (Wildman–Crippen LogP) is 3.66. The Balaban J connectivity index is 1.58. The maximum absolute atomic E-state index is 13.4. The molecule has 1 aromatic rings. The lowest BCUT2D eigenvalue weighted by Crippen LogP contribution is -2.50. The van der Waals surface area contributed by atoms with Gasteiger partial charge in [0.2, 0.25) is 0 Å². The van der Waals surface area contributed by atoms with E-state index >= 15 is 0 Å². The molecule has 0 aliphatic heterocycles. The molecule has 0 radical (unpaired) electrons. The Morgan fingerprint density at radius 1 is 1.15 bits per heavy atom. The third kappa shape index (κ3) is 1.75. The van der Waals surface area contributed by atoms with Crippen LogP contribution in [0.3, 0.4) is 0 Å². The molecule has 3 heteroatoms. The second kappa shape index (κ2) is 4.27. The van der Waals surface area contributed by atoms with Crippen molar-refractivity contribution in [2.75, 3.05) is 0 Å². The predicted molar refractivity (Wildman–Crippen MR) is 74.0 cm³/mol. The van der Waals surface area contributed by atoms with Crippen LogP contribution in [-0.2, 0) is 6.42 Å². The van der Waals surface area contributed by atoms with Gasteiger partial charge in [-0.25, -0.2) is 8.78 Å². The number of fused-ring (bicyclic) bond motifs is 5. The number of rotatable bonds is 2. The van der Waals surface area contributed by atoms with Crippen LogP contribution in [0.15, 0.2) is 18.2 Å². The standard InChI is InChI=1S/C17H21F2N/c18-15-5-4-10(6-16(15)19)8-17(20)9-11-7-14(17)13-3-1-2-12(11)13/h4-6,11-14H,1-3,7-9,20H2. The number of nitrogens with two attached hydrogens (primary N) is 1. The van der Waals surface area contributed by atoms with Crippen LogP contribution in [0.25, 0.3) is 0 Å². The highest BCUT2D eigenvalue weighted by Crippen LogP contribution is 2.62. The van der Waals surface area contributed by atoms with Crippen molar-refractivity contribution in [2.45, 2.75) is 44.1 Å². The third-order valence-corrected chi connectivity index (χ3v) is 6.20. The second-order valence-corrected chi connectivity index (χ2v) is 7.22. The number of benzene rings is 1. The van der Waals surface area contributed by atoms with Crippen LogP contribution in [0, 0.1) is 35.3 Å². The first-order chi connectivity index (χ1) is 9.57. The molecule has 4 rings (SSSR count). The Morgan fingerprint density at radius 2 is 1.95 bits per heavy atom. The molecule has 0 amide bonds. The largest absolute Gasteiger partial charge is 0.325 e. The van der Waals surface area contributed by atoms with E-state index in [2.05, 4.69) is 0 Å². The molecular formula is C17H21F2N. The summed E-state index contributed by atoms with van der Waals surface area (Å²) in [5.74, 6) is 1.54. The SMILES string of the molecule is NC1(Cc2ccc(F)c(F)c2)CC2CC1C1CCCC21. The van der Waals surface area contributed by atoms with Crippen molar-refractivity contribution >= 4 is 0 Å². The number of halogens is 2. The first kappa shape index (κ1) is 12.8. The molecule has 3 fully saturated rings. The Morgan fingerprint density at radius 3 is 2.75 bits per heavy atom. The molecule has 108 valence electrons. The smallest absolute Gasteiger partial charge is 0.159 e. The van der Waals surface area contributed by atoms with Crippen LogP contribution in [-0.4, -0.2) is 5.54 Å². The van der Waals surface area contributed by atoms with Gasteiger partial charge in [0.05, 0.1) is 0 Å². The van der Waals surface area contributed by atoms with E-state index in [4.69, 9.17) is 5.73 Å². The van der Waals surface area contributed by atoms with Crippen LogP contribution in [0.1, 0.15) is 37.7 Å². The van der Waals surface area contributed by atoms with Crippen molar-refractivity contribution < 1.29 is 8.78 Å². The Hall–Kier alpha value is -0.960. The van der Waals surface area contributed by atoms with Gasteiger partial charge < -0.3 is 5.73 Å². The fourth-order valence-electron chi connectivity index (χ4n) is 5.55. The van der Waals surface area contributed by atoms with Gasteiger partial charge in [-0.3, -0.25) is 0 Å². The van der Waals surface area contributed by atoms with Gasteiger partial charge in [0.15, 0.2) is 11.6 Å². The van der Waals surface area contributed by atoms with Crippen LogP contribution in [0.4, 0.5) is 8.78 Å². The molecule has 0 saturated heterocycles. The Bertz CT molecular complexity index is 544. The van der Waals surface area contributed by atoms with Crippen molar-refractivity contribution in [2.24, 2.45) is 29.4 Å². The van der Waals surface area contributed by atoms with Gasteiger partial charge in [-0.2, -0.15) is 0 Å². The summed E-state index contributed by atoms with van der Waals surface area (Å²) in [4.78, 5) is 0. The van der Waals surface area contributed by atoms with Crippen LogP contribution in [0.2, 0.25) is 0 Å². The summed E-state index contributed by atoms with van der Waals surface area (Å²) >= 11 is 0. The molecule has 0 heterocycles. The van der Waals surface area contributed by atoms with Gasteiger partial charge in [0, 0.05) is 5.54 Å². The lowest BCUT2D eigenvalue weighted by molar-refractivity contribution is 0.156. The third-order valence-electron chi connectivity index (χ3n) is 6.20. The Kier molecular flexibility index (Phi) is 2.72. The molecule has 3 saturated carbocycles. The lowest BCUT2D eigenvalue weighted by Gasteiger charge is -2.40. The number of hydrogen-bond donors (Lipinski definition) is 1. The summed E-state index contributed by atoms with van der Waals surface area (Å²) in [6.07, 6.45) is 7.07. The molecular weight excluding hydrogens is 256 g/mol. The zero-order valence-electron chi connectivity index (χ0n) is 11.6. The summed E-state index contributed by atoms with van der Waals surface area (Å²) in [6.45, 7) is 0. The van der Waals surface area contributed by atoms with Gasteiger partial charge in [-0.1, -0.05) is 12.5 Å². The molecule has 0 aromatic heterocycles. The van der Waals surface area contributed by atoms with E-state index in [0.29, 0.717) is 12.3 Å². The van der Waals surface area contributed by atoms with E-state index < -0.39 is 11.6 Å². The minimum atomic E-state index is -0.774. The highest BCUT2D eigenvalue weighted by Gasteiger charge is 2.59. The van der Waals surface area contributed by atoms with Crippen LogP contribution >= 0.6 is 0 Å². The van der Waals surface area contributed by atoms with Gasteiger partial charge >= 0.3 is 0 Å². The normalized spacial score (nSPS) is 42.1. The monoisotopic (exact) mass is 277 g/mol. The van der Waals surface area contributed by atoms with Crippen molar-refractivity contribution in [3.05, 3.63) is 35.4 Å². The maximum atomic E-state index is 13.4. The fourth-order valence-corrected chi connectivity index (χ4v) is 5.55. The van der Waals surface area contributed by atoms with E-state index in [0.717, 1.165) is 29.7 Å².